The third kappa shape index (κ3) is 2.55. The molecule has 2 unspecified atom stereocenters. The van der Waals surface area contributed by atoms with Crippen LogP contribution in [0.5, 0.6) is 0 Å². The summed E-state index contributed by atoms with van der Waals surface area (Å²) in [5.74, 6) is 2.83. The van der Waals surface area contributed by atoms with Crippen molar-refractivity contribution in [2.24, 2.45) is 11.8 Å². The maximum absolute atomic E-state index is 12.1. The van der Waals surface area contributed by atoms with Crippen LogP contribution in [0.15, 0.2) is 11.0 Å². The Morgan fingerprint density at radius 1 is 1.35 bits per heavy atom. The van der Waals surface area contributed by atoms with Crippen molar-refractivity contribution >= 4 is 5.95 Å². The summed E-state index contributed by atoms with van der Waals surface area (Å²) in [5, 5.41) is 7.04. The average Bonchev–Trinajstić information content (AvgIpc) is 3.32. The molecule has 2 fully saturated rings. The maximum Gasteiger partial charge on any atom is 0.343 e. The first kappa shape index (κ1) is 16.0. The van der Waals surface area contributed by atoms with Gasteiger partial charge in [0.1, 0.15) is 0 Å². The zero-order chi connectivity index (χ0) is 17.7. The molecule has 8 nitrogen and oxygen atoms in total. The van der Waals surface area contributed by atoms with Gasteiger partial charge >= 0.3 is 5.69 Å². The molecule has 2 aromatic heterocycles. The molecule has 2 atom stereocenters. The predicted molar refractivity (Wildman–Crippen MR) is 94.8 cm³/mol. The van der Waals surface area contributed by atoms with Crippen molar-refractivity contribution in [2.75, 3.05) is 18.1 Å². The second-order valence-corrected chi connectivity index (χ2v) is 7.50. The van der Waals surface area contributed by atoms with Gasteiger partial charge in [-0.15, -0.1) is 0 Å². The van der Waals surface area contributed by atoms with Crippen LogP contribution in [0, 0.1) is 11.8 Å². The first-order valence-corrected chi connectivity index (χ1v) is 9.60. The molecule has 2 aromatic rings. The van der Waals surface area contributed by atoms with E-state index in [1.807, 2.05) is 13.1 Å². The van der Waals surface area contributed by atoms with Gasteiger partial charge in [0.05, 0.1) is 24.9 Å². The van der Waals surface area contributed by atoms with Crippen molar-refractivity contribution in [2.45, 2.75) is 51.8 Å². The molecule has 0 radical (unpaired) electrons. The van der Waals surface area contributed by atoms with Crippen molar-refractivity contribution in [1.82, 2.24) is 24.7 Å². The number of hydrogen-bond donors (Lipinski definition) is 1. The van der Waals surface area contributed by atoms with Crippen molar-refractivity contribution in [1.29, 1.82) is 0 Å². The topological polar surface area (TPSA) is 88.9 Å². The van der Waals surface area contributed by atoms with Gasteiger partial charge < -0.3 is 9.64 Å². The van der Waals surface area contributed by atoms with E-state index >= 15 is 0 Å². The zero-order valence-electron chi connectivity index (χ0n) is 15.0. The van der Waals surface area contributed by atoms with Gasteiger partial charge in [-0.2, -0.15) is 5.10 Å². The Hall–Kier alpha value is -2.22. The van der Waals surface area contributed by atoms with Crippen LogP contribution in [0.1, 0.15) is 49.3 Å². The number of nitrogens with zero attached hydrogens (tertiary/aromatic N) is 5. The highest BCUT2D eigenvalue weighted by molar-refractivity contribution is 5.39. The minimum absolute atomic E-state index is 0.0688. The number of H-pyrrole nitrogens is 1. The molecule has 0 spiro atoms. The molecule has 138 valence electrons. The van der Waals surface area contributed by atoms with E-state index in [0.29, 0.717) is 25.7 Å². The molecular weight excluding hydrogens is 332 g/mol. The van der Waals surface area contributed by atoms with Crippen molar-refractivity contribution < 1.29 is 4.74 Å². The molecule has 0 amide bonds. The highest BCUT2D eigenvalue weighted by Gasteiger charge is 2.47. The lowest BCUT2D eigenvalue weighted by Crippen LogP contribution is -2.32. The van der Waals surface area contributed by atoms with Gasteiger partial charge in [-0.1, -0.05) is 0 Å². The normalized spacial score (nSPS) is 25.5. The molecular formula is C18H24N6O2. The predicted octanol–water partition coefficient (Wildman–Crippen LogP) is 1.43. The summed E-state index contributed by atoms with van der Waals surface area (Å²) in [6.45, 7) is 4.83. The Bertz CT molecular complexity index is 871. The molecule has 5 rings (SSSR count). The van der Waals surface area contributed by atoms with Crippen molar-refractivity contribution in [3.05, 3.63) is 33.8 Å². The van der Waals surface area contributed by atoms with E-state index in [1.165, 1.54) is 12.8 Å². The fraction of sp³-hybridized carbons (Fsp3) is 0.667. The molecule has 1 saturated carbocycles. The van der Waals surface area contributed by atoms with E-state index in [9.17, 15) is 4.79 Å². The van der Waals surface area contributed by atoms with Crippen molar-refractivity contribution in [3.63, 3.8) is 0 Å². The molecule has 4 heterocycles. The van der Waals surface area contributed by atoms with Gasteiger partial charge in [0.15, 0.2) is 5.82 Å². The van der Waals surface area contributed by atoms with Crippen LogP contribution in [0.25, 0.3) is 0 Å². The third-order valence-corrected chi connectivity index (χ3v) is 5.98. The lowest BCUT2D eigenvalue weighted by Gasteiger charge is -2.28. The summed E-state index contributed by atoms with van der Waals surface area (Å²) >= 11 is 0. The summed E-state index contributed by atoms with van der Waals surface area (Å²) in [7, 11) is 0. The van der Waals surface area contributed by atoms with Crippen LogP contribution in [0.4, 0.5) is 5.95 Å². The van der Waals surface area contributed by atoms with Crippen LogP contribution < -0.4 is 10.6 Å². The van der Waals surface area contributed by atoms with Crippen LogP contribution in [-0.2, 0) is 24.3 Å². The number of ether oxygens (including phenoxy) is 1. The Kier molecular flexibility index (Phi) is 3.81. The summed E-state index contributed by atoms with van der Waals surface area (Å²) < 4.78 is 7.25. The lowest BCUT2D eigenvalue weighted by atomic mass is 9.94. The molecule has 1 saturated heterocycles. The third-order valence-electron chi connectivity index (χ3n) is 5.98. The Balaban J connectivity index is 1.55. The smallest absolute Gasteiger partial charge is 0.343 e. The lowest BCUT2D eigenvalue weighted by molar-refractivity contribution is 0.109. The summed E-state index contributed by atoms with van der Waals surface area (Å²) in [6.07, 6.45) is 6.38. The SMILES string of the molecule is CCn1c(C2C(C3CC3)CCN2c2ncc3c(n2)CCOC3)n[nH]c1=O. The van der Waals surface area contributed by atoms with Gasteiger partial charge in [-0.05, 0) is 38.0 Å². The van der Waals surface area contributed by atoms with Gasteiger partial charge in [-0.25, -0.2) is 19.9 Å². The van der Waals surface area contributed by atoms with Gasteiger partial charge in [-0.3, -0.25) is 4.57 Å². The van der Waals surface area contributed by atoms with Gasteiger partial charge in [0, 0.05) is 31.3 Å². The van der Waals surface area contributed by atoms with Crippen LogP contribution >= 0.6 is 0 Å². The number of rotatable bonds is 4. The molecule has 1 aliphatic carbocycles. The summed E-state index contributed by atoms with van der Waals surface area (Å²) in [5.41, 5.74) is 2.04. The first-order chi connectivity index (χ1) is 12.8. The Morgan fingerprint density at radius 3 is 3.04 bits per heavy atom. The molecule has 3 aliphatic rings. The minimum atomic E-state index is -0.132. The standard InChI is InChI=1S/C18H24N6O2/c1-2-23-16(21-22-18(23)25)15-13(11-3-4-11)5-7-24(15)17-19-9-12-10-26-8-6-14(12)20-17/h9,11,13,15H,2-8,10H2,1H3,(H,22,25). The molecule has 0 bridgehead atoms. The Morgan fingerprint density at radius 2 is 2.23 bits per heavy atom. The summed E-state index contributed by atoms with van der Waals surface area (Å²) in [6, 6.07) is 0.0688. The van der Waals surface area contributed by atoms with Crippen LogP contribution in [0.3, 0.4) is 0 Å². The fourth-order valence-electron chi connectivity index (χ4n) is 4.51. The highest BCUT2D eigenvalue weighted by Crippen LogP contribution is 2.50. The zero-order valence-corrected chi connectivity index (χ0v) is 15.0. The van der Waals surface area contributed by atoms with E-state index in [1.54, 1.807) is 4.57 Å². The van der Waals surface area contributed by atoms with Gasteiger partial charge in [0.25, 0.3) is 0 Å². The van der Waals surface area contributed by atoms with E-state index < -0.39 is 0 Å². The number of fused-ring (bicyclic) bond motifs is 1. The molecule has 1 N–H and O–H groups in total. The van der Waals surface area contributed by atoms with E-state index in [4.69, 9.17) is 9.72 Å². The number of nitrogens with one attached hydrogen (secondary N) is 1. The summed E-state index contributed by atoms with van der Waals surface area (Å²) in [4.78, 5) is 23.9. The van der Waals surface area contributed by atoms with E-state index in [2.05, 4.69) is 20.1 Å². The molecule has 2 aliphatic heterocycles. The largest absolute Gasteiger partial charge is 0.376 e. The van der Waals surface area contributed by atoms with E-state index in [-0.39, 0.29) is 11.7 Å². The van der Waals surface area contributed by atoms with Gasteiger partial charge in [0.2, 0.25) is 5.95 Å². The molecule has 8 heteroatoms. The molecule has 0 aromatic carbocycles. The van der Waals surface area contributed by atoms with E-state index in [0.717, 1.165) is 48.3 Å². The monoisotopic (exact) mass is 356 g/mol. The number of hydrogen-bond acceptors (Lipinski definition) is 6. The quantitative estimate of drug-likeness (QED) is 0.891. The second kappa shape index (κ2) is 6.19. The Labute approximate surface area is 151 Å². The van der Waals surface area contributed by atoms with Crippen LogP contribution in [-0.4, -0.2) is 37.9 Å². The molecule has 26 heavy (non-hydrogen) atoms. The van der Waals surface area contributed by atoms with Crippen molar-refractivity contribution in [3.8, 4) is 0 Å². The average molecular weight is 356 g/mol. The number of aromatic amines is 1. The minimum Gasteiger partial charge on any atom is -0.376 e. The van der Waals surface area contributed by atoms with Crippen LogP contribution in [0.2, 0.25) is 0 Å². The number of anilines is 1. The second-order valence-electron chi connectivity index (χ2n) is 7.50. The number of aromatic nitrogens is 5. The highest BCUT2D eigenvalue weighted by atomic mass is 16.5. The first-order valence-electron chi connectivity index (χ1n) is 9.60. The maximum atomic E-state index is 12.1. The fourth-order valence-corrected chi connectivity index (χ4v) is 4.51.